The number of para-hydroxylation sites is 1. The summed E-state index contributed by atoms with van der Waals surface area (Å²) in [6, 6.07) is 15.7. The molecular formula is C20H20ClN3O2S. The topological polar surface area (TPSA) is 52.7 Å². The fourth-order valence-corrected chi connectivity index (χ4v) is 3.53. The van der Waals surface area contributed by atoms with E-state index in [9.17, 15) is 9.59 Å². The van der Waals surface area contributed by atoms with Crippen LogP contribution in [0.2, 0.25) is 5.02 Å². The van der Waals surface area contributed by atoms with Crippen molar-refractivity contribution in [1.82, 2.24) is 10.2 Å². The highest BCUT2D eigenvalue weighted by molar-refractivity contribution is 7.80. The largest absolute Gasteiger partial charge is 0.363 e. The Labute approximate surface area is 168 Å². The molecule has 0 radical (unpaired) electrons. The molecule has 1 aliphatic rings. The number of imide groups is 1. The van der Waals surface area contributed by atoms with Gasteiger partial charge in [-0.2, -0.15) is 0 Å². The number of carbonyl (C=O) groups is 2. The number of amides is 2. The van der Waals surface area contributed by atoms with Crippen LogP contribution < -0.4 is 10.2 Å². The fraction of sp³-hybridized carbons (Fsp3) is 0.250. The smallest absolute Gasteiger partial charge is 0.257 e. The summed E-state index contributed by atoms with van der Waals surface area (Å²) >= 11 is 11.4. The minimum atomic E-state index is -0.639. The van der Waals surface area contributed by atoms with Gasteiger partial charge in [0.05, 0.1) is 12.1 Å². The van der Waals surface area contributed by atoms with E-state index < -0.39 is 6.04 Å². The van der Waals surface area contributed by atoms with Crippen molar-refractivity contribution in [1.29, 1.82) is 0 Å². The molecule has 1 heterocycles. The highest BCUT2D eigenvalue weighted by Gasteiger charge is 2.43. The first-order valence-corrected chi connectivity index (χ1v) is 9.50. The molecule has 0 saturated carbocycles. The van der Waals surface area contributed by atoms with E-state index in [1.165, 1.54) is 4.90 Å². The van der Waals surface area contributed by atoms with Gasteiger partial charge in [-0.15, -0.1) is 0 Å². The Morgan fingerprint density at radius 2 is 1.85 bits per heavy atom. The zero-order chi connectivity index (χ0) is 19.4. The van der Waals surface area contributed by atoms with E-state index in [1.54, 1.807) is 41.3 Å². The van der Waals surface area contributed by atoms with Crippen molar-refractivity contribution in [3.05, 3.63) is 65.2 Å². The van der Waals surface area contributed by atoms with E-state index >= 15 is 0 Å². The van der Waals surface area contributed by atoms with E-state index in [0.29, 0.717) is 28.9 Å². The van der Waals surface area contributed by atoms with Crippen molar-refractivity contribution in [2.45, 2.75) is 25.9 Å². The molecule has 0 bridgehead atoms. The molecule has 140 valence electrons. The lowest BCUT2D eigenvalue weighted by Crippen LogP contribution is -2.49. The van der Waals surface area contributed by atoms with Crippen LogP contribution in [0, 0.1) is 0 Å². The zero-order valence-electron chi connectivity index (χ0n) is 14.9. The number of thiocarbonyl (C=S) groups is 1. The van der Waals surface area contributed by atoms with Gasteiger partial charge >= 0.3 is 0 Å². The lowest BCUT2D eigenvalue weighted by Gasteiger charge is -2.30. The summed E-state index contributed by atoms with van der Waals surface area (Å²) in [5.74, 6) is -0.489. The van der Waals surface area contributed by atoms with Crippen LogP contribution in [0.3, 0.4) is 0 Å². The van der Waals surface area contributed by atoms with Crippen LogP contribution >= 0.6 is 23.8 Å². The number of halogens is 1. The number of benzene rings is 2. The zero-order valence-corrected chi connectivity index (χ0v) is 16.5. The third kappa shape index (κ3) is 4.28. The molecule has 5 nitrogen and oxygen atoms in total. The predicted octanol–water partition coefficient (Wildman–Crippen LogP) is 3.37. The standard InChI is InChI=1S/C20H20ClN3O2S/c1-2-22-20(27)23(13-14-8-10-15(21)11-9-14)17-12-18(25)24(19(17)26)16-6-4-3-5-7-16/h3-11,17H,2,12-13H2,1H3,(H,22,27). The summed E-state index contributed by atoms with van der Waals surface area (Å²) in [4.78, 5) is 28.7. The van der Waals surface area contributed by atoms with Gasteiger partial charge in [0.1, 0.15) is 6.04 Å². The van der Waals surface area contributed by atoms with Crippen LogP contribution in [0.5, 0.6) is 0 Å². The van der Waals surface area contributed by atoms with Crippen molar-refractivity contribution >= 4 is 46.4 Å². The molecule has 2 amide bonds. The maximum Gasteiger partial charge on any atom is 0.257 e. The number of hydrogen-bond donors (Lipinski definition) is 1. The van der Waals surface area contributed by atoms with Gasteiger partial charge in [-0.05, 0) is 49.0 Å². The molecule has 0 aromatic heterocycles. The first kappa shape index (κ1) is 19.3. The SMILES string of the molecule is CCNC(=S)N(Cc1ccc(Cl)cc1)C1CC(=O)N(c2ccccc2)C1=O. The van der Waals surface area contributed by atoms with Gasteiger partial charge < -0.3 is 10.2 Å². The van der Waals surface area contributed by atoms with Gasteiger partial charge in [-0.25, -0.2) is 4.90 Å². The number of nitrogens with one attached hydrogen (secondary N) is 1. The molecule has 2 aromatic carbocycles. The number of hydrogen-bond acceptors (Lipinski definition) is 3. The third-order valence-corrected chi connectivity index (χ3v) is 5.00. The van der Waals surface area contributed by atoms with Crippen molar-refractivity contribution < 1.29 is 9.59 Å². The molecule has 0 spiro atoms. The number of anilines is 1. The van der Waals surface area contributed by atoms with Gasteiger partial charge in [0.15, 0.2) is 5.11 Å². The molecule has 1 unspecified atom stereocenters. The first-order valence-electron chi connectivity index (χ1n) is 8.72. The Morgan fingerprint density at radius 1 is 1.19 bits per heavy atom. The molecule has 2 aromatic rings. The maximum absolute atomic E-state index is 13.1. The molecule has 1 aliphatic heterocycles. The normalized spacial score (nSPS) is 16.5. The second-order valence-corrected chi connectivity index (χ2v) is 7.04. The van der Waals surface area contributed by atoms with E-state index in [-0.39, 0.29) is 18.2 Å². The van der Waals surface area contributed by atoms with E-state index in [0.717, 1.165) is 5.56 Å². The van der Waals surface area contributed by atoms with Gasteiger partial charge in [0.25, 0.3) is 5.91 Å². The summed E-state index contributed by atoms with van der Waals surface area (Å²) in [7, 11) is 0. The monoisotopic (exact) mass is 401 g/mol. The average Bonchev–Trinajstić information content (AvgIpc) is 2.96. The summed E-state index contributed by atoms with van der Waals surface area (Å²) in [5.41, 5.74) is 1.54. The fourth-order valence-electron chi connectivity index (χ4n) is 3.07. The van der Waals surface area contributed by atoms with Crippen molar-refractivity contribution in [2.75, 3.05) is 11.4 Å². The molecule has 1 saturated heterocycles. The minimum Gasteiger partial charge on any atom is -0.363 e. The Morgan fingerprint density at radius 3 is 2.48 bits per heavy atom. The van der Waals surface area contributed by atoms with Crippen LogP contribution in [0.25, 0.3) is 0 Å². The predicted molar refractivity (Wildman–Crippen MR) is 111 cm³/mol. The maximum atomic E-state index is 13.1. The van der Waals surface area contributed by atoms with Crippen LogP contribution in [0.1, 0.15) is 18.9 Å². The number of nitrogens with zero attached hydrogens (tertiary/aromatic N) is 2. The third-order valence-electron chi connectivity index (χ3n) is 4.37. The number of rotatable bonds is 5. The van der Waals surface area contributed by atoms with Gasteiger partial charge in [0.2, 0.25) is 5.91 Å². The van der Waals surface area contributed by atoms with Crippen molar-refractivity contribution in [3.8, 4) is 0 Å². The Balaban J connectivity index is 1.87. The second-order valence-electron chi connectivity index (χ2n) is 6.21. The molecule has 3 rings (SSSR count). The molecule has 1 fully saturated rings. The van der Waals surface area contributed by atoms with Gasteiger partial charge in [0, 0.05) is 18.1 Å². The highest BCUT2D eigenvalue weighted by Crippen LogP contribution is 2.26. The van der Waals surface area contributed by atoms with Crippen LogP contribution in [0.4, 0.5) is 5.69 Å². The first-order chi connectivity index (χ1) is 13.0. The number of carbonyl (C=O) groups excluding carboxylic acids is 2. The highest BCUT2D eigenvalue weighted by atomic mass is 35.5. The van der Waals surface area contributed by atoms with Gasteiger partial charge in [-0.1, -0.05) is 41.9 Å². The Hall–Kier alpha value is -2.44. The summed E-state index contributed by atoms with van der Waals surface area (Å²) in [6.45, 7) is 2.98. The second kappa shape index (κ2) is 8.50. The summed E-state index contributed by atoms with van der Waals surface area (Å²) < 4.78 is 0. The Kier molecular flexibility index (Phi) is 6.08. The minimum absolute atomic E-state index is 0.0901. The van der Waals surface area contributed by atoms with Gasteiger partial charge in [-0.3, -0.25) is 9.59 Å². The molecular weight excluding hydrogens is 382 g/mol. The molecule has 27 heavy (non-hydrogen) atoms. The van der Waals surface area contributed by atoms with E-state index in [2.05, 4.69) is 5.32 Å². The van der Waals surface area contributed by atoms with Crippen LogP contribution in [0.15, 0.2) is 54.6 Å². The van der Waals surface area contributed by atoms with E-state index in [4.69, 9.17) is 23.8 Å². The van der Waals surface area contributed by atoms with E-state index in [1.807, 2.05) is 25.1 Å². The van der Waals surface area contributed by atoms with Crippen molar-refractivity contribution in [2.24, 2.45) is 0 Å². The van der Waals surface area contributed by atoms with Crippen molar-refractivity contribution in [3.63, 3.8) is 0 Å². The average molecular weight is 402 g/mol. The Bertz CT molecular complexity index is 842. The lowest BCUT2D eigenvalue weighted by molar-refractivity contribution is -0.122. The van der Waals surface area contributed by atoms with Crippen LogP contribution in [-0.4, -0.2) is 34.4 Å². The molecule has 0 aliphatic carbocycles. The summed E-state index contributed by atoms with van der Waals surface area (Å²) in [5, 5.41) is 4.19. The summed E-state index contributed by atoms with van der Waals surface area (Å²) in [6.07, 6.45) is 0.0901. The molecule has 1 atom stereocenters. The molecule has 1 N–H and O–H groups in total. The van der Waals surface area contributed by atoms with Crippen LogP contribution in [-0.2, 0) is 16.1 Å². The lowest BCUT2D eigenvalue weighted by atomic mass is 10.1. The molecule has 7 heteroatoms. The quantitative estimate of drug-likeness (QED) is 0.615.